The van der Waals surface area contributed by atoms with E-state index in [-0.39, 0.29) is 0 Å². The lowest BCUT2D eigenvalue weighted by atomic mass is 10.0. The van der Waals surface area contributed by atoms with Crippen LogP contribution in [0.4, 0.5) is 0 Å². The lowest BCUT2D eigenvalue weighted by Crippen LogP contribution is -2.17. The van der Waals surface area contributed by atoms with Gasteiger partial charge in [0.2, 0.25) is 0 Å². The van der Waals surface area contributed by atoms with Gasteiger partial charge in [-0.05, 0) is 38.1 Å². The maximum atomic E-state index is 2.47. The minimum absolute atomic E-state index is 0.617. The summed E-state index contributed by atoms with van der Waals surface area (Å²) in [6.45, 7) is 1.23. The first-order valence-electron chi connectivity index (χ1n) is 6.01. The highest BCUT2D eigenvalue weighted by Gasteiger charge is 2.25. The maximum absolute atomic E-state index is 2.47. The molecule has 1 aromatic heterocycles. The second kappa shape index (κ2) is 3.63. The highest BCUT2D eigenvalue weighted by Crippen LogP contribution is 2.35. The van der Waals surface area contributed by atoms with Gasteiger partial charge in [-0.1, -0.05) is 18.2 Å². The van der Waals surface area contributed by atoms with Gasteiger partial charge in [-0.15, -0.1) is 0 Å². The van der Waals surface area contributed by atoms with Crippen molar-refractivity contribution in [3.63, 3.8) is 0 Å². The molecule has 2 aromatic rings. The van der Waals surface area contributed by atoms with Crippen molar-refractivity contribution in [2.75, 3.05) is 13.6 Å². The summed E-state index contributed by atoms with van der Waals surface area (Å²) in [5.41, 5.74) is 2.84. The highest BCUT2D eigenvalue weighted by molar-refractivity contribution is 5.84. The van der Waals surface area contributed by atoms with Crippen molar-refractivity contribution in [1.29, 1.82) is 0 Å². The van der Waals surface area contributed by atoms with Crippen LogP contribution in [0.1, 0.15) is 24.4 Å². The van der Waals surface area contributed by atoms with Gasteiger partial charge in [0.25, 0.3) is 0 Å². The molecule has 2 heteroatoms. The molecule has 1 saturated heterocycles. The molecule has 1 aromatic carbocycles. The number of para-hydroxylation sites is 1. The zero-order valence-electron chi connectivity index (χ0n) is 9.98. The average Bonchev–Trinajstić information content (AvgIpc) is 2.84. The van der Waals surface area contributed by atoms with Crippen LogP contribution in [0.25, 0.3) is 10.9 Å². The molecule has 0 amide bonds. The number of aromatic nitrogens is 1. The topological polar surface area (TPSA) is 8.17 Å². The summed E-state index contributed by atoms with van der Waals surface area (Å²) in [7, 11) is 4.38. The van der Waals surface area contributed by atoms with Crippen LogP contribution in [0.5, 0.6) is 0 Å². The minimum atomic E-state index is 0.617. The van der Waals surface area contributed by atoms with Gasteiger partial charge in [0.1, 0.15) is 0 Å². The first-order valence-corrected chi connectivity index (χ1v) is 6.01. The maximum Gasteiger partial charge on any atom is 0.0481 e. The first kappa shape index (κ1) is 9.91. The molecule has 0 spiro atoms. The third-order valence-electron chi connectivity index (χ3n) is 3.81. The van der Waals surface area contributed by atoms with Gasteiger partial charge in [0.05, 0.1) is 0 Å². The third kappa shape index (κ3) is 1.37. The smallest absolute Gasteiger partial charge is 0.0481 e. The average molecular weight is 214 g/mol. The summed E-state index contributed by atoms with van der Waals surface area (Å²) >= 11 is 0. The van der Waals surface area contributed by atoms with Crippen molar-refractivity contribution in [2.45, 2.75) is 18.9 Å². The van der Waals surface area contributed by atoms with E-state index >= 15 is 0 Å². The number of fused-ring (bicyclic) bond motifs is 1. The quantitative estimate of drug-likeness (QED) is 0.708. The van der Waals surface area contributed by atoms with Gasteiger partial charge < -0.3 is 4.57 Å². The first-order chi connectivity index (χ1) is 7.77. The Labute approximate surface area is 96.5 Å². The van der Waals surface area contributed by atoms with Gasteiger partial charge in [-0.2, -0.15) is 0 Å². The number of benzene rings is 1. The Kier molecular flexibility index (Phi) is 2.25. The second-order valence-corrected chi connectivity index (χ2v) is 4.85. The zero-order valence-corrected chi connectivity index (χ0v) is 9.98. The van der Waals surface area contributed by atoms with Gasteiger partial charge in [-0.25, -0.2) is 0 Å². The molecular weight excluding hydrogens is 196 g/mol. The SMILES string of the molecule is CN1CCC[C@H]1c1cn(C)c2ccccc12. The van der Waals surface area contributed by atoms with E-state index in [0.29, 0.717) is 6.04 Å². The summed E-state index contributed by atoms with van der Waals surface area (Å²) in [6.07, 6.45) is 4.92. The van der Waals surface area contributed by atoms with E-state index < -0.39 is 0 Å². The molecule has 84 valence electrons. The molecule has 0 radical (unpaired) electrons. The number of aryl methyl sites for hydroxylation is 1. The molecule has 0 aliphatic carbocycles. The summed E-state index contributed by atoms with van der Waals surface area (Å²) in [6, 6.07) is 9.32. The van der Waals surface area contributed by atoms with E-state index in [1.165, 1.54) is 35.9 Å². The number of rotatable bonds is 1. The zero-order chi connectivity index (χ0) is 11.1. The van der Waals surface area contributed by atoms with Crippen LogP contribution in [-0.2, 0) is 7.05 Å². The Morgan fingerprint density at radius 2 is 2.00 bits per heavy atom. The van der Waals surface area contributed by atoms with Gasteiger partial charge >= 0.3 is 0 Å². The van der Waals surface area contributed by atoms with Gasteiger partial charge in [0.15, 0.2) is 0 Å². The molecule has 1 fully saturated rings. The summed E-state index contributed by atoms with van der Waals surface area (Å²) < 4.78 is 2.25. The molecule has 0 bridgehead atoms. The fourth-order valence-corrected chi connectivity index (χ4v) is 2.94. The van der Waals surface area contributed by atoms with E-state index in [1.807, 2.05) is 0 Å². The highest BCUT2D eigenvalue weighted by atomic mass is 15.1. The standard InChI is InChI=1S/C14H18N2/c1-15-9-5-8-14(15)12-10-16(2)13-7-4-3-6-11(12)13/h3-4,6-7,10,14H,5,8-9H2,1-2H3/t14-/m0/s1. The molecule has 1 aliphatic heterocycles. The van der Waals surface area contributed by atoms with Crippen molar-refractivity contribution in [3.8, 4) is 0 Å². The predicted octanol–water partition coefficient (Wildman–Crippen LogP) is 2.95. The minimum Gasteiger partial charge on any atom is -0.350 e. The summed E-state index contributed by atoms with van der Waals surface area (Å²) in [5.74, 6) is 0. The molecule has 0 saturated carbocycles. The molecule has 0 unspecified atom stereocenters. The summed E-state index contributed by atoms with van der Waals surface area (Å²) in [4.78, 5) is 2.47. The number of hydrogen-bond acceptors (Lipinski definition) is 1. The van der Waals surface area contributed by atoms with Crippen molar-refractivity contribution < 1.29 is 0 Å². The van der Waals surface area contributed by atoms with Crippen LogP contribution in [0, 0.1) is 0 Å². The molecule has 1 atom stereocenters. The van der Waals surface area contributed by atoms with Crippen LogP contribution in [0.3, 0.4) is 0 Å². The van der Waals surface area contributed by atoms with Gasteiger partial charge in [-0.3, -0.25) is 4.90 Å². The Hall–Kier alpha value is -1.28. The molecular formula is C14H18N2. The van der Waals surface area contributed by atoms with Crippen molar-refractivity contribution in [1.82, 2.24) is 9.47 Å². The number of nitrogens with zero attached hydrogens (tertiary/aromatic N) is 2. The van der Waals surface area contributed by atoms with E-state index in [1.54, 1.807) is 0 Å². The number of hydrogen-bond donors (Lipinski definition) is 0. The molecule has 3 rings (SSSR count). The van der Waals surface area contributed by atoms with E-state index in [9.17, 15) is 0 Å². The van der Waals surface area contributed by atoms with E-state index in [0.717, 1.165) is 0 Å². The predicted molar refractivity (Wildman–Crippen MR) is 67.5 cm³/mol. The van der Waals surface area contributed by atoms with Crippen LogP contribution < -0.4 is 0 Å². The Morgan fingerprint density at radius 1 is 1.19 bits per heavy atom. The fourth-order valence-electron chi connectivity index (χ4n) is 2.94. The fraction of sp³-hybridized carbons (Fsp3) is 0.429. The Balaban J connectivity index is 2.16. The summed E-state index contributed by atoms with van der Waals surface area (Å²) in [5, 5.41) is 1.42. The monoisotopic (exact) mass is 214 g/mol. The molecule has 2 heterocycles. The lowest BCUT2D eigenvalue weighted by Gasteiger charge is -2.18. The molecule has 16 heavy (non-hydrogen) atoms. The van der Waals surface area contributed by atoms with E-state index in [4.69, 9.17) is 0 Å². The molecule has 1 aliphatic rings. The molecule has 0 N–H and O–H groups in total. The van der Waals surface area contributed by atoms with Gasteiger partial charge in [0, 0.05) is 30.2 Å². The normalized spacial score (nSPS) is 22.0. The van der Waals surface area contributed by atoms with E-state index in [2.05, 4.69) is 54.0 Å². The lowest BCUT2D eigenvalue weighted by molar-refractivity contribution is 0.319. The van der Waals surface area contributed by atoms with Crippen LogP contribution in [0.15, 0.2) is 30.5 Å². The Bertz CT molecular complexity index is 512. The largest absolute Gasteiger partial charge is 0.350 e. The van der Waals surface area contributed by atoms with Crippen molar-refractivity contribution in [2.24, 2.45) is 7.05 Å². The van der Waals surface area contributed by atoms with Crippen LogP contribution in [0.2, 0.25) is 0 Å². The Morgan fingerprint density at radius 3 is 2.75 bits per heavy atom. The molecule has 2 nitrogen and oxygen atoms in total. The van der Waals surface area contributed by atoms with Crippen molar-refractivity contribution in [3.05, 3.63) is 36.0 Å². The second-order valence-electron chi connectivity index (χ2n) is 4.85. The van der Waals surface area contributed by atoms with Crippen LogP contribution >= 0.6 is 0 Å². The number of likely N-dealkylation sites (tertiary alicyclic amines) is 1. The van der Waals surface area contributed by atoms with Crippen molar-refractivity contribution >= 4 is 10.9 Å². The van der Waals surface area contributed by atoms with Crippen LogP contribution in [-0.4, -0.2) is 23.1 Å². The third-order valence-corrected chi connectivity index (χ3v) is 3.81.